The van der Waals surface area contributed by atoms with Gasteiger partial charge in [0.1, 0.15) is 0 Å². The molecule has 0 aliphatic heterocycles. The van der Waals surface area contributed by atoms with Crippen molar-refractivity contribution in [3.8, 4) is 0 Å². The first-order valence-corrected chi connectivity index (χ1v) is 9.39. The maximum absolute atomic E-state index is 12.7. The summed E-state index contributed by atoms with van der Waals surface area (Å²) in [6.45, 7) is 5.27. The van der Waals surface area contributed by atoms with Crippen molar-refractivity contribution >= 4 is 40.1 Å². The fourth-order valence-corrected chi connectivity index (χ4v) is 3.35. The Bertz CT molecular complexity index is 1060. The molecular weight excluding hydrogens is 376 g/mol. The van der Waals surface area contributed by atoms with Crippen molar-refractivity contribution in [3.63, 3.8) is 0 Å². The number of aromatic nitrogens is 1. The molecule has 1 N–H and O–H groups in total. The molecule has 0 fully saturated rings. The minimum Gasteiger partial charge on any atom is -0.452 e. The first kappa shape index (κ1) is 19.8. The lowest BCUT2D eigenvalue weighted by molar-refractivity contribution is -0.119. The number of anilines is 1. The first-order chi connectivity index (χ1) is 13.4. The normalized spacial score (nSPS) is 10.7. The van der Waals surface area contributed by atoms with Crippen molar-refractivity contribution in [2.45, 2.75) is 27.2 Å². The summed E-state index contributed by atoms with van der Waals surface area (Å²) in [6.07, 6.45) is 0.590. The smallest absolute Gasteiger partial charge is 0.340 e. The lowest BCUT2D eigenvalue weighted by Gasteiger charge is -2.14. The van der Waals surface area contributed by atoms with Gasteiger partial charge in [0.2, 0.25) is 0 Å². The number of esters is 1. The molecule has 3 rings (SSSR count). The monoisotopic (exact) mass is 396 g/mol. The molecule has 2 aromatic carbocycles. The highest BCUT2D eigenvalue weighted by Crippen LogP contribution is 2.24. The van der Waals surface area contributed by atoms with Crippen LogP contribution in [-0.4, -0.2) is 23.5 Å². The number of rotatable bonds is 5. The van der Waals surface area contributed by atoms with E-state index in [4.69, 9.17) is 16.3 Å². The average Bonchev–Trinajstić information content (AvgIpc) is 2.68. The molecule has 1 aromatic heterocycles. The van der Waals surface area contributed by atoms with E-state index in [-0.39, 0.29) is 6.61 Å². The first-order valence-electron chi connectivity index (χ1n) is 9.02. The predicted molar refractivity (Wildman–Crippen MR) is 111 cm³/mol. The molecular formula is C22H21ClN2O3. The molecule has 0 aliphatic carbocycles. The number of para-hydroxylation sites is 1. The number of halogens is 1. The van der Waals surface area contributed by atoms with Crippen LogP contribution in [0.3, 0.4) is 0 Å². The largest absolute Gasteiger partial charge is 0.452 e. The highest BCUT2D eigenvalue weighted by atomic mass is 35.5. The van der Waals surface area contributed by atoms with Crippen molar-refractivity contribution in [2.75, 3.05) is 11.9 Å². The molecule has 0 aliphatic rings. The lowest BCUT2D eigenvalue weighted by atomic mass is 10.0. The van der Waals surface area contributed by atoms with Gasteiger partial charge >= 0.3 is 5.97 Å². The van der Waals surface area contributed by atoms with Crippen molar-refractivity contribution in [1.29, 1.82) is 0 Å². The zero-order chi connectivity index (χ0) is 20.3. The van der Waals surface area contributed by atoms with Crippen molar-refractivity contribution in [3.05, 3.63) is 69.9 Å². The molecule has 0 saturated heterocycles. The summed E-state index contributed by atoms with van der Waals surface area (Å²) in [5, 5.41) is 4.21. The Morgan fingerprint density at radius 2 is 1.89 bits per heavy atom. The van der Waals surface area contributed by atoms with Gasteiger partial charge in [-0.2, -0.15) is 0 Å². The topological polar surface area (TPSA) is 68.3 Å². The van der Waals surface area contributed by atoms with Crippen LogP contribution in [0.4, 0.5) is 5.69 Å². The maximum atomic E-state index is 12.7. The van der Waals surface area contributed by atoms with E-state index in [0.29, 0.717) is 28.4 Å². The number of nitrogens with zero attached hydrogens (tertiary/aromatic N) is 1. The minimum absolute atomic E-state index is 0.379. The van der Waals surface area contributed by atoms with E-state index < -0.39 is 11.9 Å². The fraction of sp³-hybridized carbons (Fsp3) is 0.227. The van der Waals surface area contributed by atoms with Crippen LogP contribution in [0, 0.1) is 13.8 Å². The Kier molecular flexibility index (Phi) is 5.95. The third-order valence-electron chi connectivity index (χ3n) is 4.56. The van der Waals surface area contributed by atoms with E-state index in [1.54, 1.807) is 18.2 Å². The van der Waals surface area contributed by atoms with E-state index in [0.717, 1.165) is 22.0 Å². The van der Waals surface area contributed by atoms with Crippen LogP contribution in [-0.2, 0) is 16.0 Å². The molecule has 0 saturated carbocycles. The Labute approximate surface area is 168 Å². The number of carbonyl (C=O) groups is 2. The summed E-state index contributed by atoms with van der Waals surface area (Å²) in [7, 11) is 0. The summed E-state index contributed by atoms with van der Waals surface area (Å²) in [5.41, 5.74) is 4.19. The molecule has 0 spiro atoms. The van der Waals surface area contributed by atoms with Crippen molar-refractivity contribution < 1.29 is 14.3 Å². The van der Waals surface area contributed by atoms with Crippen LogP contribution in [0.15, 0.2) is 42.5 Å². The highest BCUT2D eigenvalue weighted by Gasteiger charge is 2.20. The second kappa shape index (κ2) is 8.40. The number of amides is 1. The molecule has 28 heavy (non-hydrogen) atoms. The molecule has 5 nitrogen and oxygen atoms in total. The minimum atomic E-state index is -0.546. The molecule has 144 valence electrons. The van der Waals surface area contributed by atoms with Gasteiger partial charge in [0.25, 0.3) is 5.91 Å². The van der Waals surface area contributed by atoms with E-state index in [1.807, 2.05) is 45.0 Å². The molecule has 1 heterocycles. The summed E-state index contributed by atoms with van der Waals surface area (Å²) in [5.74, 6) is -0.959. The second-order valence-electron chi connectivity index (χ2n) is 6.51. The maximum Gasteiger partial charge on any atom is 0.340 e. The van der Waals surface area contributed by atoms with E-state index >= 15 is 0 Å². The zero-order valence-corrected chi connectivity index (χ0v) is 16.8. The van der Waals surface area contributed by atoms with Gasteiger partial charge in [-0.3, -0.25) is 9.78 Å². The number of pyridine rings is 1. The van der Waals surface area contributed by atoms with Crippen LogP contribution in [0.1, 0.15) is 34.1 Å². The van der Waals surface area contributed by atoms with Gasteiger partial charge in [0, 0.05) is 16.1 Å². The number of carbonyl (C=O) groups excluding carboxylic acids is 2. The number of ether oxygens (including phenoxy) is 1. The SMILES string of the molecule is CCc1nc2ccccc2c(C)c1C(=O)OCC(=O)Nc1ccc(Cl)cc1C. The third-order valence-corrected chi connectivity index (χ3v) is 4.80. The third kappa shape index (κ3) is 4.15. The molecule has 3 aromatic rings. The van der Waals surface area contributed by atoms with E-state index in [9.17, 15) is 9.59 Å². The zero-order valence-electron chi connectivity index (χ0n) is 16.0. The fourth-order valence-electron chi connectivity index (χ4n) is 3.12. The van der Waals surface area contributed by atoms with Gasteiger partial charge in [-0.25, -0.2) is 4.79 Å². The molecule has 1 amide bonds. The number of fused-ring (bicyclic) bond motifs is 1. The molecule has 0 unspecified atom stereocenters. The number of hydrogen-bond acceptors (Lipinski definition) is 4. The number of nitrogens with one attached hydrogen (secondary N) is 1. The van der Waals surface area contributed by atoms with Gasteiger partial charge in [-0.05, 0) is 55.7 Å². The Balaban J connectivity index is 1.76. The predicted octanol–water partition coefficient (Wildman–Crippen LogP) is 4.86. The standard InChI is InChI=1S/C22H21ClN2O3/c1-4-17-21(14(3)16-7-5-6-8-19(16)24-17)22(27)28-12-20(26)25-18-10-9-15(23)11-13(18)2/h5-11H,4,12H2,1-3H3,(H,25,26). The Hall–Kier alpha value is -2.92. The van der Waals surface area contributed by atoms with Gasteiger partial charge in [0.05, 0.1) is 16.8 Å². The number of aryl methyl sites for hydroxylation is 3. The quantitative estimate of drug-likeness (QED) is 0.625. The number of hydrogen-bond donors (Lipinski definition) is 1. The van der Waals surface area contributed by atoms with Crippen molar-refractivity contribution in [2.24, 2.45) is 0 Å². The molecule has 0 bridgehead atoms. The van der Waals surface area contributed by atoms with Gasteiger partial charge in [-0.1, -0.05) is 36.7 Å². The van der Waals surface area contributed by atoms with Crippen LogP contribution in [0.2, 0.25) is 5.02 Å². The van der Waals surface area contributed by atoms with Gasteiger partial charge in [-0.15, -0.1) is 0 Å². The van der Waals surface area contributed by atoms with Crippen LogP contribution in [0.25, 0.3) is 10.9 Å². The van der Waals surface area contributed by atoms with E-state index in [1.165, 1.54) is 0 Å². The number of benzene rings is 2. The Morgan fingerprint density at radius 1 is 1.14 bits per heavy atom. The molecule has 0 radical (unpaired) electrons. The summed E-state index contributed by atoms with van der Waals surface area (Å²) < 4.78 is 5.28. The molecule has 0 atom stereocenters. The van der Waals surface area contributed by atoms with Crippen LogP contribution >= 0.6 is 11.6 Å². The molecule has 6 heteroatoms. The summed E-state index contributed by atoms with van der Waals surface area (Å²) in [6, 6.07) is 12.8. The lowest BCUT2D eigenvalue weighted by Crippen LogP contribution is -2.22. The highest BCUT2D eigenvalue weighted by molar-refractivity contribution is 6.30. The van der Waals surface area contributed by atoms with Crippen molar-refractivity contribution in [1.82, 2.24) is 4.98 Å². The van der Waals surface area contributed by atoms with Gasteiger partial charge in [0.15, 0.2) is 6.61 Å². The summed E-state index contributed by atoms with van der Waals surface area (Å²) >= 11 is 5.92. The van der Waals surface area contributed by atoms with Crippen LogP contribution < -0.4 is 5.32 Å². The summed E-state index contributed by atoms with van der Waals surface area (Å²) in [4.78, 5) is 29.5. The van der Waals surface area contributed by atoms with Gasteiger partial charge < -0.3 is 10.1 Å². The Morgan fingerprint density at radius 3 is 2.61 bits per heavy atom. The van der Waals surface area contributed by atoms with E-state index in [2.05, 4.69) is 10.3 Å². The second-order valence-corrected chi connectivity index (χ2v) is 6.95. The van der Waals surface area contributed by atoms with Crippen LogP contribution in [0.5, 0.6) is 0 Å². The average molecular weight is 397 g/mol.